The van der Waals surface area contributed by atoms with E-state index in [1.807, 2.05) is 6.07 Å². The lowest BCUT2D eigenvalue weighted by Crippen LogP contribution is -2.49. The standard InChI is InChI=1S/C9H13F3N2/c10-9(11,12)7-14-8(6-13)4-2-1-3-5-8/h14H,1-5,7H2. The first-order valence-electron chi connectivity index (χ1n) is 4.70. The Balaban J connectivity index is 2.50. The lowest BCUT2D eigenvalue weighted by molar-refractivity contribution is -0.128. The van der Waals surface area contributed by atoms with Crippen LogP contribution in [0.3, 0.4) is 0 Å². The van der Waals surface area contributed by atoms with Gasteiger partial charge in [0.2, 0.25) is 0 Å². The number of hydrogen-bond acceptors (Lipinski definition) is 2. The Morgan fingerprint density at radius 2 is 1.79 bits per heavy atom. The third-order valence-electron chi connectivity index (χ3n) is 2.55. The molecule has 0 aromatic heterocycles. The lowest BCUT2D eigenvalue weighted by atomic mass is 9.83. The quantitative estimate of drug-likeness (QED) is 0.752. The second-order valence-electron chi connectivity index (χ2n) is 3.72. The largest absolute Gasteiger partial charge is 0.401 e. The molecule has 1 saturated carbocycles. The van der Waals surface area contributed by atoms with E-state index in [2.05, 4.69) is 5.32 Å². The normalized spacial score (nSPS) is 21.6. The van der Waals surface area contributed by atoms with E-state index in [9.17, 15) is 13.2 Å². The van der Waals surface area contributed by atoms with Gasteiger partial charge in [-0.3, -0.25) is 5.32 Å². The lowest BCUT2D eigenvalue weighted by Gasteiger charge is -2.31. The predicted octanol–water partition coefficient (Wildman–Crippen LogP) is 2.36. The topological polar surface area (TPSA) is 35.8 Å². The molecule has 5 heteroatoms. The van der Waals surface area contributed by atoms with Gasteiger partial charge in [-0.05, 0) is 12.8 Å². The molecule has 0 bridgehead atoms. The molecule has 2 nitrogen and oxygen atoms in total. The van der Waals surface area contributed by atoms with Gasteiger partial charge in [-0.2, -0.15) is 18.4 Å². The fourth-order valence-corrected chi connectivity index (χ4v) is 1.75. The monoisotopic (exact) mass is 206 g/mol. The number of nitrogens with one attached hydrogen (secondary N) is 1. The van der Waals surface area contributed by atoms with Gasteiger partial charge in [0.15, 0.2) is 0 Å². The summed E-state index contributed by atoms with van der Waals surface area (Å²) < 4.78 is 35.8. The van der Waals surface area contributed by atoms with Gasteiger partial charge in [0.1, 0.15) is 5.54 Å². The Bertz CT molecular complexity index is 223. The van der Waals surface area contributed by atoms with E-state index in [4.69, 9.17) is 5.26 Å². The number of rotatable bonds is 2. The molecule has 0 unspecified atom stereocenters. The van der Waals surface area contributed by atoms with Gasteiger partial charge in [-0.25, -0.2) is 0 Å². The molecule has 0 radical (unpaired) electrons. The van der Waals surface area contributed by atoms with Crippen molar-refractivity contribution < 1.29 is 13.2 Å². The molecule has 1 fully saturated rings. The first-order chi connectivity index (χ1) is 6.47. The Morgan fingerprint density at radius 1 is 1.21 bits per heavy atom. The molecular weight excluding hydrogens is 193 g/mol. The van der Waals surface area contributed by atoms with E-state index < -0.39 is 18.3 Å². The van der Waals surface area contributed by atoms with Gasteiger partial charge < -0.3 is 0 Å². The van der Waals surface area contributed by atoms with Gasteiger partial charge in [-0.15, -0.1) is 0 Å². The van der Waals surface area contributed by atoms with Crippen LogP contribution in [-0.2, 0) is 0 Å². The van der Waals surface area contributed by atoms with Crippen LogP contribution in [0.2, 0.25) is 0 Å². The molecule has 0 saturated heterocycles. The molecule has 0 aliphatic heterocycles. The summed E-state index contributed by atoms with van der Waals surface area (Å²) in [5, 5.41) is 11.2. The van der Waals surface area contributed by atoms with E-state index >= 15 is 0 Å². The average Bonchev–Trinajstić information content (AvgIpc) is 2.15. The maximum Gasteiger partial charge on any atom is 0.401 e. The van der Waals surface area contributed by atoms with Gasteiger partial charge in [0.05, 0.1) is 12.6 Å². The molecule has 1 aliphatic carbocycles. The molecule has 14 heavy (non-hydrogen) atoms. The predicted molar refractivity (Wildman–Crippen MR) is 45.5 cm³/mol. The van der Waals surface area contributed by atoms with Crippen LogP contribution in [0.5, 0.6) is 0 Å². The van der Waals surface area contributed by atoms with Crippen molar-refractivity contribution in [2.75, 3.05) is 6.54 Å². The van der Waals surface area contributed by atoms with E-state index in [1.54, 1.807) is 0 Å². The summed E-state index contributed by atoms with van der Waals surface area (Å²) in [7, 11) is 0. The molecule has 0 aromatic carbocycles. The summed E-state index contributed by atoms with van der Waals surface area (Å²) in [6, 6.07) is 1.98. The number of nitrogens with zero attached hydrogens (tertiary/aromatic N) is 1. The molecule has 0 aromatic rings. The third-order valence-corrected chi connectivity index (χ3v) is 2.55. The van der Waals surface area contributed by atoms with E-state index in [1.165, 1.54) is 0 Å². The number of halogens is 3. The zero-order chi connectivity index (χ0) is 10.7. The van der Waals surface area contributed by atoms with Crippen molar-refractivity contribution in [3.05, 3.63) is 0 Å². The summed E-state index contributed by atoms with van der Waals surface area (Å²) >= 11 is 0. The van der Waals surface area contributed by atoms with Crippen LogP contribution in [0.15, 0.2) is 0 Å². The van der Waals surface area contributed by atoms with Crippen molar-refractivity contribution in [3.8, 4) is 6.07 Å². The summed E-state index contributed by atoms with van der Waals surface area (Å²) in [5.41, 5.74) is -0.937. The van der Waals surface area contributed by atoms with Crippen molar-refractivity contribution in [2.24, 2.45) is 0 Å². The van der Waals surface area contributed by atoms with Crippen LogP contribution in [0.25, 0.3) is 0 Å². The Morgan fingerprint density at radius 3 is 2.21 bits per heavy atom. The molecule has 0 heterocycles. The maximum atomic E-state index is 11.9. The van der Waals surface area contributed by atoms with Crippen molar-refractivity contribution in [2.45, 2.75) is 43.8 Å². The van der Waals surface area contributed by atoms with Gasteiger partial charge in [0.25, 0.3) is 0 Å². The fraction of sp³-hybridized carbons (Fsp3) is 0.889. The minimum Gasteiger partial charge on any atom is -0.291 e. The molecule has 0 amide bonds. The van der Waals surface area contributed by atoms with Crippen LogP contribution in [0, 0.1) is 11.3 Å². The highest BCUT2D eigenvalue weighted by Gasteiger charge is 2.36. The highest BCUT2D eigenvalue weighted by molar-refractivity contribution is 5.08. The minimum absolute atomic E-state index is 0.527. The number of hydrogen-bond donors (Lipinski definition) is 1. The van der Waals surface area contributed by atoms with Crippen LogP contribution in [0.4, 0.5) is 13.2 Å². The zero-order valence-corrected chi connectivity index (χ0v) is 7.82. The highest BCUT2D eigenvalue weighted by Crippen LogP contribution is 2.28. The summed E-state index contributed by atoms with van der Waals surface area (Å²) in [5.74, 6) is 0. The van der Waals surface area contributed by atoms with Gasteiger partial charge in [0, 0.05) is 0 Å². The Labute approximate surface area is 81.1 Å². The first kappa shape index (κ1) is 11.3. The molecule has 0 spiro atoms. The van der Waals surface area contributed by atoms with Crippen LogP contribution >= 0.6 is 0 Å². The Kier molecular flexibility index (Phi) is 3.38. The van der Waals surface area contributed by atoms with Crippen molar-refractivity contribution in [1.29, 1.82) is 5.26 Å². The van der Waals surface area contributed by atoms with Crippen LogP contribution < -0.4 is 5.32 Å². The molecule has 80 valence electrons. The van der Waals surface area contributed by atoms with Crippen molar-refractivity contribution >= 4 is 0 Å². The molecule has 1 aliphatic rings. The third kappa shape index (κ3) is 3.18. The zero-order valence-electron chi connectivity index (χ0n) is 7.82. The molecule has 1 N–H and O–H groups in total. The fourth-order valence-electron chi connectivity index (χ4n) is 1.75. The Hall–Kier alpha value is -0.760. The van der Waals surface area contributed by atoms with Crippen molar-refractivity contribution in [1.82, 2.24) is 5.32 Å². The van der Waals surface area contributed by atoms with Gasteiger partial charge in [-0.1, -0.05) is 19.3 Å². The molecular formula is C9H13F3N2. The first-order valence-corrected chi connectivity index (χ1v) is 4.70. The molecule has 0 atom stereocenters. The second kappa shape index (κ2) is 4.18. The van der Waals surface area contributed by atoms with Crippen molar-refractivity contribution in [3.63, 3.8) is 0 Å². The minimum atomic E-state index is -4.23. The van der Waals surface area contributed by atoms with E-state index in [0.29, 0.717) is 12.8 Å². The average molecular weight is 206 g/mol. The van der Waals surface area contributed by atoms with E-state index in [-0.39, 0.29) is 0 Å². The second-order valence-corrected chi connectivity index (χ2v) is 3.72. The summed E-state index contributed by atoms with van der Waals surface area (Å²) in [4.78, 5) is 0. The molecule has 1 rings (SSSR count). The highest BCUT2D eigenvalue weighted by atomic mass is 19.4. The summed E-state index contributed by atoms with van der Waals surface area (Å²) in [6.07, 6.45) is -0.506. The SMILES string of the molecule is N#CC1(NCC(F)(F)F)CCCCC1. The summed E-state index contributed by atoms with van der Waals surface area (Å²) in [6.45, 7) is -1.07. The van der Waals surface area contributed by atoms with Crippen LogP contribution in [-0.4, -0.2) is 18.3 Å². The van der Waals surface area contributed by atoms with Crippen LogP contribution in [0.1, 0.15) is 32.1 Å². The van der Waals surface area contributed by atoms with Gasteiger partial charge >= 0.3 is 6.18 Å². The number of alkyl halides is 3. The number of nitriles is 1. The maximum absolute atomic E-state index is 11.9. The smallest absolute Gasteiger partial charge is 0.291 e. The van der Waals surface area contributed by atoms with E-state index in [0.717, 1.165) is 19.3 Å².